The summed E-state index contributed by atoms with van der Waals surface area (Å²) >= 11 is 0. The van der Waals surface area contributed by atoms with Gasteiger partial charge in [0.05, 0.1) is 25.1 Å². The number of ether oxygens (including phenoxy) is 2. The molecule has 0 bridgehead atoms. The van der Waals surface area contributed by atoms with Crippen molar-refractivity contribution < 1.29 is 13.9 Å². The Kier molecular flexibility index (Phi) is 6.54. The second-order valence-corrected chi connectivity index (χ2v) is 9.19. The molecule has 2 fully saturated rings. The fourth-order valence-electron chi connectivity index (χ4n) is 4.56. The molecule has 2 heterocycles. The predicted octanol–water partition coefficient (Wildman–Crippen LogP) is 4.94. The van der Waals surface area contributed by atoms with Crippen LogP contribution in [0, 0.1) is 22.6 Å². The molecule has 36 heavy (non-hydrogen) atoms. The number of nitrogens with two attached hydrogens (primary N) is 1. The van der Waals surface area contributed by atoms with Gasteiger partial charge in [0.2, 0.25) is 0 Å². The lowest BCUT2D eigenvalue weighted by atomic mass is 9.97. The van der Waals surface area contributed by atoms with Gasteiger partial charge in [0.15, 0.2) is 11.7 Å². The van der Waals surface area contributed by atoms with Gasteiger partial charge < -0.3 is 15.2 Å². The fourth-order valence-corrected chi connectivity index (χ4v) is 4.56. The number of imidazole rings is 1. The molecule has 2 aliphatic carbocycles. The van der Waals surface area contributed by atoms with Crippen LogP contribution in [0.4, 0.5) is 4.39 Å². The number of methoxy groups -OCH3 is 1. The third kappa shape index (κ3) is 4.73. The Hall–Kier alpha value is -4.01. The summed E-state index contributed by atoms with van der Waals surface area (Å²) in [5.41, 5.74) is 8.03. The molecule has 1 aromatic carbocycles. The number of rotatable bonds is 7. The second-order valence-electron chi connectivity index (χ2n) is 9.19. The van der Waals surface area contributed by atoms with Gasteiger partial charge in [-0.15, -0.1) is 0 Å². The highest BCUT2D eigenvalue weighted by atomic mass is 19.1. The SMILES string of the molecule is CO/C(=N\C(=N)c1cnc2ccc(/C(=C/N)C(=N)c3ccc(OC4CCCC4)cc3F)cn12)C1CC1. The van der Waals surface area contributed by atoms with Crippen molar-refractivity contribution in [1.82, 2.24) is 9.38 Å². The molecule has 0 spiro atoms. The van der Waals surface area contributed by atoms with Gasteiger partial charge in [0.25, 0.3) is 0 Å². The monoisotopic (exact) mass is 488 g/mol. The van der Waals surface area contributed by atoms with Crippen LogP contribution < -0.4 is 10.5 Å². The lowest BCUT2D eigenvalue weighted by Gasteiger charge is -2.15. The zero-order chi connectivity index (χ0) is 25.2. The summed E-state index contributed by atoms with van der Waals surface area (Å²) in [5.74, 6) is 0.774. The fraction of sp³-hybridized carbons (Fsp3) is 0.333. The number of benzene rings is 1. The van der Waals surface area contributed by atoms with Gasteiger partial charge in [0.1, 0.15) is 22.9 Å². The standard InChI is InChI=1S/C27H29FN6O2/c1-35-27(16-6-7-16)33-26(31)23-14-32-24-11-8-17(15-34(23)24)21(13-29)25(30)20-10-9-19(12-22(20)28)36-18-4-2-3-5-18/h8-16,18,30-31H,2-7,29H2,1H3/b21-13-,30-25?,31-26?,33-27-. The highest BCUT2D eigenvalue weighted by Crippen LogP contribution is 2.31. The number of hydrogen-bond acceptors (Lipinski definition) is 6. The summed E-state index contributed by atoms with van der Waals surface area (Å²) in [6, 6.07) is 8.12. The molecule has 2 saturated carbocycles. The molecular weight excluding hydrogens is 459 g/mol. The first kappa shape index (κ1) is 23.7. The van der Waals surface area contributed by atoms with Crippen molar-refractivity contribution >= 4 is 28.7 Å². The van der Waals surface area contributed by atoms with Crippen LogP contribution in [0.2, 0.25) is 0 Å². The van der Waals surface area contributed by atoms with Crippen LogP contribution in [-0.2, 0) is 4.74 Å². The van der Waals surface area contributed by atoms with E-state index in [9.17, 15) is 0 Å². The molecule has 0 unspecified atom stereocenters. The quantitative estimate of drug-likeness (QED) is 0.322. The van der Waals surface area contributed by atoms with Gasteiger partial charge >= 0.3 is 0 Å². The van der Waals surface area contributed by atoms with Crippen LogP contribution in [-0.4, -0.2) is 40.0 Å². The number of allylic oxidation sites excluding steroid dienone is 1. The molecule has 0 saturated heterocycles. The Morgan fingerprint density at radius 1 is 1.17 bits per heavy atom. The summed E-state index contributed by atoms with van der Waals surface area (Å²) in [6.07, 6.45) is 11.0. The van der Waals surface area contributed by atoms with Crippen molar-refractivity contribution in [3.05, 3.63) is 71.6 Å². The average Bonchev–Trinajstić information content (AvgIpc) is 3.42. The minimum atomic E-state index is -0.539. The van der Waals surface area contributed by atoms with E-state index in [1.807, 2.05) is 0 Å². The maximum atomic E-state index is 15.0. The Labute approximate surface area is 208 Å². The van der Waals surface area contributed by atoms with Crippen LogP contribution in [0.25, 0.3) is 11.2 Å². The minimum Gasteiger partial charge on any atom is -0.490 e. The number of aromatic nitrogens is 2. The molecule has 2 aromatic heterocycles. The van der Waals surface area contributed by atoms with Gasteiger partial charge in [-0.25, -0.2) is 9.37 Å². The zero-order valence-corrected chi connectivity index (χ0v) is 20.1. The minimum absolute atomic E-state index is 0.0284. The molecule has 3 aromatic rings. The number of halogens is 1. The molecule has 9 heteroatoms. The topological polar surface area (TPSA) is 122 Å². The van der Waals surface area contributed by atoms with E-state index in [0.29, 0.717) is 34.1 Å². The summed E-state index contributed by atoms with van der Waals surface area (Å²) in [7, 11) is 1.56. The number of amidine groups is 1. The number of fused-ring (bicyclic) bond motifs is 1. The smallest absolute Gasteiger partial charge is 0.192 e. The van der Waals surface area contributed by atoms with Gasteiger partial charge in [-0.05, 0) is 62.8 Å². The van der Waals surface area contributed by atoms with E-state index < -0.39 is 5.82 Å². The number of aliphatic imine (C=N–C) groups is 1. The summed E-state index contributed by atoms with van der Waals surface area (Å²) < 4.78 is 28.0. The van der Waals surface area contributed by atoms with Gasteiger partial charge in [-0.1, -0.05) is 0 Å². The maximum absolute atomic E-state index is 15.0. The maximum Gasteiger partial charge on any atom is 0.192 e. The van der Waals surface area contributed by atoms with E-state index >= 15 is 4.39 Å². The van der Waals surface area contributed by atoms with E-state index in [-0.39, 0.29) is 29.1 Å². The van der Waals surface area contributed by atoms with Crippen molar-refractivity contribution in [2.75, 3.05) is 7.11 Å². The van der Waals surface area contributed by atoms with Gasteiger partial charge in [0, 0.05) is 41.1 Å². The van der Waals surface area contributed by atoms with Crippen molar-refractivity contribution in [2.45, 2.75) is 44.6 Å². The Morgan fingerprint density at radius 2 is 1.94 bits per heavy atom. The molecule has 8 nitrogen and oxygen atoms in total. The lowest BCUT2D eigenvalue weighted by Crippen LogP contribution is -2.12. The number of nitrogens with one attached hydrogen (secondary N) is 2. The lowest BCUT2D eigenvalue weighted by molar-refractivity contribution is 0.209. The summed E-state index contributed by atoms with van der Waals surface area (Å²) in [5, 5.41) is 17.2. The molecule has 0 radical (unpaired) electrons. The number of pyridine rings is 1. The third-order valence-electron chi connectivity index (χ3n) is 6.67. The second kappa shape index (κ2) is 9.93. The number of nitrogens with zero attached hydrogens (tertiary/aromatic N) is 3. The van der Waals surface area contributed by atoms with Crippen LogP contribution in [0.5, 0.6) is 5.75 Å². The first-order chi connectivity index (χ1) is 17.5. The highest BCUT2D eigenvalue weighted by molar-refractivity contribution is 6.30. The Balaban J connectivity index is 1.41. The molecule has 186 valence electrons. The van der Waals surface area contributed by atoms with E-state index in [0.717, 1.165) is 38.5 Å². The Morgan fingerprint density at radius 3 is 2.61 bits per heavy atom. The molecular formula is C27H29FN6O2. The molecule has 0 amide bonds. The van der Waals surface area contributed by atoms with E-state index in [2.05, 4.69) is 9.98 Å². The van der Waals surface area contributed by atoms with Crippen LogP contribution in [0.3, 0.4) is 0 Å². The molecule has 0 aliphatic heterocycles. The summed E-state index contributed by atoms with van der Waals surface area (Å²) in [6.45, 7) is 0. The Bertz CT molecular complexity index is 1380. The van der Waals surface area contributed by atoms with Crippen molar-refractivity contribution in [3.8, 4) is 5.75 Å². The zero-order valence-electron chi connectivity index (χ0n) is 20.1. The van der Waals surface area contributed by atoms with Gasteiger partial charge in [-0.2, -0.15) is 4.99 Å². The largest absolute Gasteiger partial charge is 0.490 e. The molecule has 2 aliphatic rings. The third-order valence-corrected chi connectivity index (χ3v) is 6.67. The van der Waals surface area contributed by atoms with Gasteiger partial charge in [-0.3, -0.25) is 15.2 Å². The normalized spacial score (nSPS) is 16.9. The van der Waals surface area contributed by atoms with Crippen LogP contribution in [0.15, 0.2) is 53.9 Å². The highest BCUT2D eigenvalue weighted by Gasteiger charge is 2.29. The average molecular weight is 489 g/mol. The van der Waals surface area contributed by atoms with Crippen molar-refractivity contribution in [1.29, 1.82) is 10.8 Å². The first-order valence-electron chi connectivity index (χ1n) is 12.1. The molecule has 5 rings (SSSR count). The van der Waals surface area contributed by atoms with E-state index in [1.165, 1.54) is 12.3 Å². The predicted molar refractivity (Wildman–Crippen MR) is 137 cm³/mol. The molecule has 4 N–H and O–H groups in total. The van der Waals surface area contributed by atoms with Crippen molar-refractivity contribution in [2.24, 2.45) is 16.6 Å². The van der Waals surface area contributed by atoms with Crippen molar-refractivity contribution in [3.63, 3.8) is 0 Å². The van der Waals surface area contributed by atoms with Crippen LogP contribution >= 0.6 is 0 Å². The summed E-state index contributed by atoms with van der Waals surface area (Å²) in [4.78, 5) is 8.72. The first-order valence-corrected chi connectivity index (χ1v) is 12.1. The van der Waals surface area contributed by atoms with Crippen LogP contribution in [0.1, 0.15) is 55.3 Å². The molecule has 0 atom stereocenters. The van der Waals surface area contributed by atoms with E-state index in [4.69, 9.17) is 26.0 Å². The number of hydrogen-bond donors (Lipinski definition) is 3. The van der Waals surface area contributed by atoms with E-state index in [1.54, 1.807) is 48.2 Å².